The van der Waals surface area contributed by atoms with Gasteiger partial charge in [0.1, 0.15) is 12.1 Å². The molecule has 2 heterocycles. The number of rotatable bonds is 10. The molecule has 1 aliphatic rings. The van der Waals surface area contributed by atoms with E-state index in [9.17, 15) is 9.18 Å². The van der Waals surface area contributed by atoms with Crippen LogP contribution in [-0.4, -0.2) is 60.1 Å². The lowest BCUT2D eigenvalue weighted by atomic mass is 10.1. The lowest BCUT2D eigenvalue weighted by Gasteiger charge is -2.28. The third-order valence-corrected chi connectivity index (χ3v) is 6.04. The molecule has 4 rings (SSSR count). The maximum atomic E-state index is 13.8. The number of morpholine rings is 1. The fourth-order valence-corrected chi connectivity index (χ4v) is 4.05. The van der Waals surface area contributed by atoms with Crippen LogP contribution in [0.25, 0.3) is 0 Å². The third-order valence-electron chi connectivity index (χ3n) is 6.04. The number of carbonyl (C=O) groups excluding carboxylic acids is 1. The summed E-state index contributed by atoms with van der Waals surface area (Å²) in [5, 5.41) is 2.91. The second kappa shape index (κ2) is 11.9. The lowest BCUT2D eigenvalue weighted by molar-refractivity contribution is 0.0383. The molecule has 3 aromatic rings. The highest BCUT2D eigenvalue weighted by atomic mass is 19.1. The number of carbonyl (C=O) groups is 1. The summed E-state index contributed by atoms with van der Waals surface area (Å²) < 4.78 is 24.8. The first-order valence-corrected chi connectivity index (χ1v) is 11.6. The van der Waals surface area contributed by atoms with Gasteiger partial charge in [0.05, 0.1) is 19.8 Å². The minimum atomic E-state index is -0.267. The normalized spacial score (nSPS) is 15.4. The van der Waals surface area contributed by atoms with Gasteiger partial charge in [0.25, 0.3) is 5.91 Å². The second-order valence-corrected chi connectivity index (χ2v) is 8.46. The Hall–Kier alpha value is -3.07. The van der Waals surface area contributed by atoms with Crippen molar-refractivity contribution in [2.24, 2.45) is 0 Å². The van der Waals surface area contributed by atoms with Gasteiger partial charge in [-0.1, -0.05) is 42.5 Å². The van der Waals surface area contributed by atoms with Crippen molar-refractivity contribution < 1.29 is 18.3 Å². The number of amides is 1. The Bertz CT molecular complexity index is 1050. The van der Waals surface area contributed by atoms with Gasteiger partial charge in [-0.15, -0.1) is 0 Å². The lowest BCUT2D eigenvalue weighted by Crippen LogP contribution is -2.41. The van der Waals surface area contributed by atoms with Gasteiger partial charge in [-0.25, -0.2) is 9.37 Å². The summed E-state index contributed by atoms with van der Waals surface area (Å²) in [7, 11) is 0. The number of nitrogens with one attached hydrogen (secondary N) is 1. The molecule has 0 aliphatic carbocycles. The van der Waals surface area contributed by atoms with Crippen LogP contribution in [0, 0.1) is 5.82 Å². The molecule has 0 spiro atoms. The first-order chi connectivity index (χ1) is 16.6. The predicted octanol–water partition coefficient (Wildman–Crippen LogP) is 3.64. The molecule has 34 heavy (non-hydrogen) atoms. The average Bonchev–Trinajstić information content (AvgIpc) is 3.33. The number of nitrogens with zero attached hydrogens (tertiary/aromatic N) is 3. The summed E-state index contributed by atoms with van der Waals surface area (Å²) in [6.45, 7) is 7.52. The van der Waals surface area contributed by atoms with Gasteiger partial charge < -0.3 is 14.5 Å². The predicted molar refractivity (Wildman–Crippen MR) is 127 cm³/mol. The Morgan fingerprint density at radius 2 is 1.94 bits per heavy atom. The van der Waals surface area contributed by atoms with Gasteiger partial charge in [-0.2, -0.15) is 0 Å². The average molecular weight is 467 g/mol. The Morgan fingerprint density at radius 3 is 2.71 bits per heavy atom. The molecule has 0 bridgehead atoms. The van der Waals surface area contributed by atoms with Gasteiger partial charge >= 0.3 is 0 Å². The molecule has 1 N–H and O–H groups in total. The molecular weight excluding hydrogens is 435 g/mol. The van der Waals surface area contributed by atoms with E-state index in [0.29, 0.717) is 25.5 Å². The summed E-state index contributed by atoms with van der Waals surface area (Å²) in [4.78, 5) is 21.4. The van der Waals surface area contributed by atoms with Gasteiger partial charge in [-0.05, 0) is 30.2 Å². The van der Waals surface area contributed by atoms with E-state index in [1.54, 1.807) is 6.07 Å². The van der Waals surface area contributed by atoms with Crippen LogP contribution in [0.15, 0.2) is 65.3 Å². The van der Waals surface area contributed by atoms with Crippen LogP contribution >= 0.6 is 0 Å². The molecule has 1 atom stereocenters. The molecule has 0 unspecified atom stereocenters. The fourth-order valence-electron chi connectivity index (χ4n) is 4.05. The molecule has 7 nitrogen and oxygen atoms in total. The van der Waals surface area contributed by atoms with E-state index in [2.05, 4.69) is 39.2 Å². The van der Waals surface area contributed by atoms with Crippen LogP contribution < -0.4 is 5.32 Å². The number of ether oxygens (including phenoxy) is 1. The summed E-state index contributed by atoms with van der Waals surface area (Å²) in [5.41, 5.74) is 2.25. The van der Waals surface area contributed by atoms with E-state index in [0.717, 1.165) is 44.0 Å². The van der Waals surface area contributed by atoms with Gasteiger partial charge in [0.15, 0.2) is 5.69 Å². The molecule has 1 aromatic heterocycles. The van der Waals surface area contributed by atoms with Crippen molar-refractivity contribution in [1.82, 2.24) is 20.1 Å². The minimum Gasteiger partial charge on any atom is -0.447 e. The number of halogens is 1. The van der Waals surface area contributed by atoms with Gasteiger partial charge in [0, 0.05) is 38.8 Å². The zero-order valence-corrected chi connectivity index (χ0v) is 19.5. The number of hydrogen-bond acceptors (Lipinski definition) is 6. The van der Waals surface area contributed by atoms with Crippen LogP contribution in [-0.2, 0) is 17.8 Å². The molecule has 1 saturated heterocycles. The zero-order chi connectivity index (χ0) is 23.8. The summed E-state index contributed by atoms with van der Waals surface area (Å²) in [6.07, 6.45) is 1.40. The largest absolute Gasteiger partial charge is 0.447 e. The summed E-state index contributed by atoms with van der Waals surface area (Å²) >= 11 is 0. The first kappa shape index (κ1) is 24.1. The third kappa shape index (κ3) is 6.72. The minimum absolute atomic E-state index is 0.0298. The number of benzene rings is 2. The van der Waals surface area contributed by atoms with Crippen LogP contribution in [0.5, 0.6) is 0 Å². The summed E-state index contributed by atoms with van der Waals surface area (Å²) in [5.74, 6) is -0.0782. The van der Waals surface area contributed by atoms with E-state index in [1.165, 1.54) is 18.4 Å². The SMILES string of the molecule is C[C@@H](c1ccccc1)N(Cc1cccc(F)c1)Cc1nc(C(=O)NCCN2CCOCC2)co1. The molecule has 180 valence electrons. The van der Waals surface area contributed by atoms with Crippen molar-refractivity contribution in [2.45, 2.75) is 26.1 Å². The van der Waals surface area contributed by atoms with Crippen LogP contribution in [0.1, 0.15) is 40.5 Å². The Balaban J connectivity index is 1.40. The number of aromatic nitrogens is 1. The van der Waals surface area contributed by atoms with E-state index in [1.807, 2.05) is 24.3 Å². The Morgan fingerprint density at radius 1 is 1.15 bits per heavy atom. The van der Waals surface area contributed by atoms with Crippen LogP contribution in [0.3, 0.4) is 0 Å². The molecule has 8 heteroatoms. The summed E-state index contributed by atoms with van der Waals surface area (Å²) in [6, 6.07) is 16.7. The Kier molecular flexibility index (Phi) is 8.41. The Labute approximate surface area is 199 Å². The van der Waals surface area contributed by atoms with Crippen molar-refractivity contribution in [3.8, 4) is 0 Å². The second-order valence-electron chi connectivity index (χ2n) is 8.46. The molecule has 0 radical (unpaired) electrons. The number of hydrogen-bond donors (Lipinski definition) is 1. The fraction of sp³-hybridized carbons (Fsp3) is 0.385. The quantitative estimate of drug-likeness (QED) is 0.492. The highest BCUT2D eigenvalue weighted by Crippen LogP contribution is 2.24. The maximum absolute atomic E-state index is 13.8. The molecule has 0 saturated carbocycles. The van der Waals surface area contributed by atoms with E-state index < -0.39 is 0 Å². The zero-order valence-electron chi connectivity index (χ0n) is 19.5. The standard InChI is InChI=1S/C26H31FN4O3/c1-20(22-7-3-2-4-8-22)31(17-21-6-5-9-23(27)16-21)18-25-29-24(19-34-25)26(32)28-10-11-30-12-14-33-15-13-30/h2-9,16,19-20H,10-15,17-18H2,1H3,(H,28,32)/t20-/m0/s1. The van der Waals surface area contributed by atoms with Gasteiger partial charge in [0.2, 0.25) is 5.89 Å². The van der Waals surface area contributed by atoms with Crippen LogP contribution in [0.2, 0.25) is 0 Å². The van der Waals surface area contributed by atoms with Crippen molar-refractivity contribution in [3.05, 3.63) is 89.4 Å². The van der Waals surface area contributed by atoms with Crippen LogP contribution in [0.4, 0.5) is 4.39 Å². The van der Waals surface area contributed by atoms with E-state index >= 15 is 0 Å². The van der Waals surface area contributed by atoms with E-state index in [4.69, 9.17) is 9.15 Å². The monoisotopic (exact) mass is 466 g/mol. The van der Waals surface area contributed by atoms with Crippen molar-refractivity contribution in [3.63, 3.8) is 0 Å². The molecule has 1 aliphatic heterocycles. The maximum Gasteiger partial charge on any atom is 0.273 e. The highest BCUT2D eigenvalue weighted by molar-refractivity contribution is 5.91. The van der Waals surface area contributed by atoms with Gasteiger partial charge in [-0.3, -0.25) is 14.6 Å². The van der Waals surface area contributed by atoms with Crippen molar-refractivity contribution in [1.29, 1.82) is 0 Å². The highest BCUT2D eigenvalue weighted by Gasteiger charge is 2.21. The topological polar surface area (TPSA) is 70.8 Å². The van der Waals surface area contributed by atoms with E-state index in [-0.39, 0.29) is 23.5 Å². The molecule has 1 amide bonds. The first-order valence-electron chi connectivity index (χ1n) is 11.6. The molecule has 1 fully saturated rings. The van der Waals surface area contributed by atoms with Crippen molar-refractivity contribution >= 4 is 5.91 Å². The number of oxazole rings is 1. The molecular formula is C26H31FN4O3. The smallest absolute Gasteiger partial charge is 0.273 e. The molecule has 2 aromatic carbocycles. The van der Waals surface area contributed by atoms with Crippen molar-refractivity contribution in [2.75, 3.05) is 39.4 Å².